The zero-order chi connectivity index (χ0) is 14.1. The average molecular weight is 268 g/mol. The molecule has 0 aliphatic carbocycles. The van der Waals surface area contributed by atoms with Crippen molar-refractivity contribution >= 4 is 12.0 Å². The van der Waals surface area contributed by atoms with Gasteiger partial charge >= 0.3 is 12.0 Å². The third-order valence-corrected chi connectivity index (χ3v) is 2.43. The van der Waals surface area contributed by atoms with E-state index in [1.165, 1.54) is 19.2 Å². The van der Waals surface area contributed by atoms with Gasteiger partial charge in [0.25, 0.3) is 0 Å². The number of ether oxygens (including phenoxy) is 1. The SMILES string of the molecule is COC(=O)CCNC(=O)NCCc1cccc(F)c1. The monoisotopic (exact) mass is 268 g/mol. The Kier molecular flexibility index (Phi) is 6.35. The Morgan fingerprint density at radius 1 is 1.26 bits per heavy atom. The van der Waals surface area contributed by atoms with Crippen LogP contribution in [0.5, 0.6) is 0 Å². The second-order valence-electron chi connectivity index (χ2n) is 3.89. The first-order valence-electron chi connectivity index (χ1n) is 5.95. The van der Waals surface area contributed by atoms with Gasteiger partial charge in [0.1, 0.15) is 5.82 Å². The van der Waals surface area contributed by atoms with Crippen molar-refractivity contribution in [2.75, 3.05) is 20.2 Å². The normalized spacial score (nSPS) is 9.79. The van der Waals surface area contributed by atoms with Crippen LogP contribution in [0.3, 0.4) is 0 Å². The molecule has 0 saturated carbocycles. The largest absolute Gasteiger partial charge is 0.469 e. The summed E-state index contributed by atoms with van der Waals surface area (Å²) in [7, 11) is 1.29. The molecule has 0 saturated heterocycles. The van der Waals surface area contributed by atoms with Crippen LogP contribution in [-0.2, 0) is 16.0 Å². The highest BCUT2D eigenvalue weighted by molar-refractivity contribution is 5.75. The lowest BCUT2D eigenvalue weighted by Crippen LogP contribution is -2.37. The molecule has 104 valence electrons. The van der Waals surface area contributed by atoms with Crippen LogP contribution in [-0.4, -0.2) is 32.2 Å². The maximum absolute atomic E-state index is 12.9. The summed E-state index contributed by atoms with van der Waals surface area (Å²) in [6, 6.07) is 5.86. The van der Waals surface area contributed by atoms with E-state index in [1.54, 1.807) is 12.1 Å². The smallest absolute Gasteiger partial charge is 0.314 e. The number of rotatable bonds is 6. The highest BCUT2D eigenvalue weighted by Gasteiger charge is 2.03. The molecule has 19 heavy (non-hydrogen) atoms. The van der Waals surface area contributed by atoms with Crippen LogP contribution in [0, 0.1) is 5.82 Å². The number of benzene rings is 1. The molecule has 0 unspecified atom stereocenters. The van der Waals surface area contributed by atoms with Crippen LogP contribution in [0.4, 0.5) is 9.18 Å². The van der Waals surface area contributed by atoms with E-state index in [0.717, 1.165) is 5.56 Å². The van der Waals surface area contributed by atoms with Gasteiger partial charge < -0.3 is 15.4 Å². The van der Waals surface area contributed by atoms with E-state index >= 15 is 0 Å². The van der Waals surface area contributed by atoms with Crippen molar-refractivity contribution in [2.24, 2.45) is 0 Å². The topological polar surface area (TPSA) is 67.4 Å². The van der Waals surface area contributed by atoms with Crippen molar-refractivity contribution in [3.05, 3.63) is 35.6 Å². The average Bonchev–Trinajstić information content (AvgIpc) is 2.38. The molecule has 5 nitrogen and oxygen atoms in total. The van der Waals surface area contributed by atoms with Crippen molar-refractivity contribution in [3.8, 4) is 0 Å². The summed E-state index contributed by atoms with van der Waals surface area (Å²) < 4.78 is 17.3. The maximum Gasteiger partial charge on any atom is 0.314 e. The highest BCUT2D eigenvalue weighted by atomic mass is 19.1. The Bertz CT molecular complexity index is 438. The zero-order valence-electron chi connectivity index (χ0n) is 10.7. The van der Waals surface area contributed by atoms with Crippen LogP contribution in [0.1, 0.15) is 12.0 Å². The Morgan fingerprint density at radius 3 is 2.68 bits per heavy atom. The van der Waals surface area contributed by atoms with Gasteiger partial charge in [-0.1, -0.05) is 12.1 Å². The molecule has 0 fully saturated rings. The number of hydrogen-bond donors (Lipinski definition) is 2. The van der Waals surface area contributed by atoms with Crippen LogP contribution in [0.25, 0.3) is 0 Å². The van der Waals surface area contributed by atoms with Gasteiger partial charge in [0.2, 0.25) is 0 Å². The molecule has 1 rings (SSSR count). The van der Waals surface area contributed by atoms with E-state index in [0.29, 0.717) is 13.0 Å². The molecule has 1 aromatic rings. The molecule has 2 amide bonds. The van der Waals surface area contributed by atoms with E-state index in [4.69, 9.17) is 0 Å². The fraction of sp³-hybridized carbons (Fsp3) is 0.385. The molecular weight excluding hydrogens is 251 g/mol. The van der Waals surface area contributed by atoms with Crippen molar-refractivity contribution in [1.82, 2.24) is 10.6 Å². The van der Waals surface area contributed by atoms with Crippen LogP contribution in [0.15, 0.2) is 24.3 Å². The number of halogens is 1. The van der Waals surface area contributed by atoms with E-state index < -0.39 is 0 Å². The Labute approximate surface area is 111 Å². The van der Waals surface area contributed by atoms with Crippen LogP contribution in [0.2, 0.25) is 0 Å². The van der Waals surface area contributed by atoms with E-state index in [9.17, 15) is 14.0 Å². The van der Waals surface area contributed by atoms with Crippen LogP contribution >= 0.6 is 0 Å². The van der Waals surface area contributed by atoms with Gasteiger partial charge in [0.05, 0.1) is 13.5 Å². The first-order chi connectivity index (χ1) is 9.11. The molecule has 6 heteroatoms. The summed E-state index contributed by atoms with van der Waals surface area (Å²) in [6.45, 7) is 0.617. The fourth-order valence-corrected chi connectivity index (χ4v) is 1.46. The summed E-state index contributed by atoms with van der Waals surface area (Å²) >= 11 is 0. The van der Waals surface area contributed by atoms with E-state index in [2.05, 4.69) is 15.4 Å². The second-order valence-corrected chi connectivity index (χ2v) is 3.89. The van der Waals surface area contributed by atoms with Crippen LogP contribution < -0.4 is 10.6 Å². The molecule has 0 heterocycles. The molecule has 0 aromatic heterocycles. The Balaban J connectivity index is 2.15. The predicted molar refractivity (Wildman–Crippen MR) is 68.1 cm³/mol. The number of hydrogen-bond acceptors (Lipinski definition) is 3. The minimum Gasteiger partial charge on any atom is -0.469 e. The fourth-order valence-electron chi connectivity index (χ4n) is 1.46. The summed E-state index contributed by atoms with van der Waals surface area (Å²) in [6.07, 6.45) is 0.677. The Morgan fingerprint density at radius 2 is 2.00 bits per heavy atom. The molecule has 1 aromatic carbocycles. The summed E-state index contributed by atoms with van der Waals surface area (Å²) in [5.74, 6) is -0.667. The standard InChI is InChI=1S/C13H17FN2O3/c1-19-12(17)6-8-16-13(18)15-7-5-10-3-2-4-11(14)9-10/h2-4,9H,5-8H2,1H3,(H2,15,16,18). The van der Waals surface area contributed by atoms with Gasteiger partial charge in [-0.25, -0.2) is 9.18 Å². The quantitative estimate of drug-likeness (QED) is 0.763. The van der Waals surface area contributed by atoms with Crippen molar-refractivity contribution in [2.45, 2.75) is 12.8 Å². The predicted octanol–water partition coefficient (Wildman–Crippen LogP) is 1.23. The lowest BCUT2D eigenvalue weighted by atomic mass is 10.1. The summed E-state index contributed by atoms with van der Waals surface area (Å²) in [4.78, 5) is 22.1. The summed E-state index contributed by atoms with van der Waals surface area (Å²) in [5.41, 5.74) is 0.815. The third-order valence-electron chi connectivity index (χ3n) is 2.43. The first kappa shape index (κ1) is 14.9. The van der Waals surface area contributed by atoms with Gasteiger partial charge in [0.15, 0.2) is 0 Å². The highest BCUT2D eigenvalue weighted by Crippen LogP contribution is 2.03. The third kappa shape index (κ3) is 6.40. The number of carbonyl (C=O) groups is 2. The molecule has 0 atom stereocenters. The number of urea groups is 1. The van der Waals surface area contributed by atoms with Gasteiger partial charge in [-0.05, 0) is 24.1 Å². The minimum absolute atomic E-state index is 0.133. The molecule has 0 aliphatic rings. The van der Waals surface area contributed by atoms with Crippen molar-refractivity contribution in [3.63, 3.8) is 0 Å². The Hall–Kier alpha value is -2.11. The minimum atomic E-state index is -0.375. The molecule has 0 spiro atoms. The number of carbonyl (C=O) groups excluding carboxylic acids is 2. The van der Waals surface area contributed by atoms with E-state index in [-0.39, 0.29) is 30.8 Å². The number of esters is 1. The zero-order valence-corrected chi connectivity index (χ0v) is 10.7. The molecule has 0 bridgehead atoms. The lowest BCUT2D eigenvalue weighted by Gasteiger charge is -2.07. The first-order valence-corrected chi connectivity index (χ1v) is 5.95. The number of amides is 2. The van der Waals surface area contributed by atoms with E-state index in [1.807, 2.05) is 0 Å². The van der Waals surface area contributed by atoms with Gasteiger partial charge in [-0.3, -0.25) is 4.79 Å². The maximum atomic E-state index is 12.9. The van der Waals surface area contributed by atoms with Crippen molar-refractivity contribution in [1.29, 1.82) is 0 Å². The molecule has 0 radical (unpaired) electrons. The van der Waals surface area contributed by atoms with Gasteiger partial charge in [-0.15, -0.1) is 0 Å². The number of nitrogens with one attached hydrogen (secondary N) is 2. The van der Waals surface area contributed by atoms with Gasteiger partial charge in [-0.2, -0.15) is 0 Å². The van der Waals surface area contributed by atoms with Gasteiger partial charge in [0, 0.05) is 13.1 Å². The summed E-state index contributed by atoms with van der Waals surface area (Å²) in [5, 5.41) is 5.14. The molecule has 2 N–H and O–H groups in total. The van der Waals surface area contributed by atoms with Crippen molar-refractivity contribution < 1.29 is 18.7 Å². The second kappa shape index (κ2) is 8.07. The number of methoxy groups -OCH3 is 1. The molecule has 0 aliphatic heterocycles. The lowest BCUT2D eigenvalue weighted by molar-refractivity contribution is -0.140. The molecular formula is C13H17FN2O3.